The van der Waals surface area contributed by atoms with Gasteiger partial charge in [0, 0.05) is 29.2 Å². The van der Waals surface area contributed by atoms with Gasteiger partial charge in [0.2, 0.25) is 0 Å². The fourth-order valence-electron chi connectivity index (χ4n) is 2.23. The van der Waals surface area contributed by atoms with E-state index in [0.29, 0.717) is 6.61 Å². The number of ether oxygens (including phenoxy) is 1. The topological polar surface area (TPSA) is 21.3 Å². The van der Waals surface area contributed by atoms with E-state index in [2.05, 4.69) is 52.4 Å². The average molecular weight is 369 g/mol. The van der Waals surface area contributed by atoms with Crippen LogP contribution < -0.4 is 5.32 Å². The van der Waals surface area contributed by atoms with Gasteiger partial charge >= 0.3 is 0 Å². The Balaban J connectivity index is 2.00. The van der Waals surface area contributed by atoms with E-state index in [1.807, 2.05) is 18.2 Å². The van der Waals surface area contributed by atoms with Crippen LogP contribution in [0.25, 0.3) is 0 Å². The zero-order valence-electron chi connectivity index (χ0n) is 12.2. The molecule has 0 aliphatic heterocycles. The molecule has 0 radical (unpaired) electrons. The predicted molar refractivity (Wildman–Crippen MR) is 91.6 cm³/mol. The Morgan fingerprint density at radius 1 is 1.19 bits per heavy atom. The minimum atomic E-state index is 0.191. The van der Waals surface area contributed by atoms with Crippen molar-refractivity contribution in [3.8, 4) is 0 Å². The van der Waals surface area contributed by atoms with Gasteiger partial charge < -0.3 is 10.1 Å². The summed E-state index contributed by atoms with van der Waals surface area (Å²) in [6.07, 6.45) is 0. The lowest BCUT2D eigenvalue weighted by Crippen LogP contribution is -2.18. The molecule has 0 heterocycles. The van der Waals surface area contributed by atoms with Crippen LogP contribution in [0.2, 0.25) is 5.02 Å². The first-order valence-electron chi connectivity index (χ1n) is 6.85. The van der Waals surface area contributed by atoms with Gasteiger partial charge in [-0.2, -0.15) is 0 Å². The van der Waals surface area contributed by atoms with Crippen molar-refractivity contribution >= 4 is 27.5 Å². The van der Waals surface area contributed by atoms with Crippen molar-refractivity contribution in [1.29, 1.82) is 0 Å². The highest BCUT2D eigenvalue weighted by Gasteiger charge is 2.09. The number of hydrogen-bond acceptors (Lipinski definition) is 2. The molecule has 2 aromatic rings. The molecular weight excluding hydrogens is 350 g/mol. The Labute approximate surface area is 139 Å². The summed E-state index contributed by atoms with van der Waals surface area (Å²) in [5.41, 5.74) is 3.53. The minimum Gasteiger partial charge on any atom is -0.380 e. The van der Waals surface area contributed by atoms with Crippen LogP contribution in [-0.4, -0.2) is 7.11 Å². The van der Waals surface area contributed by atoms with Gasteiger partial charge in [0.1, 0.15) is 0 Å². The summed E-state index contributed by atoms with van der Waals surface area (Å²) in [5, 5.41) is 4.28. The highest BCUT2D eigenvalue weighted by Crippen LogP contribution is 2.26. The average Bonchev–Trinajstić information content (AvgIpc) is 2.45. The molecular formula is C17H19BrClNO. The van der Waals surface area contributed by atoms with Crippen LogP contribution in [0.15, 0.2) is 46.9 Å². The molecule has 0 aromatic heterocycles. The molecule has 21 heavy (non-hydrogen) atoms. The number of methoxy groups -OCH3 is 1. The molecule has 2 nitrogen and oxygen atoms in total. The molecule has 0 aliphatic rings. The number of rotatable bonds is 6. The maximum atomic E-state index is 6.29. The fourth-order valence-corrected chi connectivity index (χ4v) is 3.07. The molecule has 0 fully saturated rings. The summed E-state index contributed by atoms with van der Waals surface area (Å²) in [7, 11) is 1.71. The lowest BCUT2D eigenvalue weighted by Gasteiger charge is -2.16. The van der Waals surface area contributed by atoms with Crippen LogP contribution >= 0.6 is 27.5 Å². The van der Waals surface area contributed by atoms with Gasteiger partial charge in [-0.05, 0) is 35.7 Å². The summed E-state index contributed by atoms with van der Waals surface area (Å²) in [6.45, 7) is 3.56. The summed E-state index contributed by atoms with van der Waals surface area (Å²) < 4.78 is 6.16. The van der Waals surface area contributed by atoms with E-state index in [1.165, 1.54) is 11.1 Å². The molecule has 2 aromatic carbocycles. The SMILES string of the molecule is COCc1cccc(CNC(C)c2ccc(Br)cc2Cl)c1. The summed E-state index contributed by atoms with van der Waals surface area (Å²) in [5.74, 6) is 0. The Bertz CT molecular complexity index is 603. The van der Waals surface area contributed by atoms with E-state index in [0.717, 1.165) is 21.6 Å². The third kappa shape index (κ3) is 4.82. The van der Waals surface area contributed by atoms with Crippen molar-refractivity contribution in [3.63, 3.8) is 0 Å². The number of nitrogens with one attached hydrogen (secondary N) is 1. The predicted octanol–water partition coefficient (Wildman–Crippen LogP) is 5.10. The number of halogens is 2. The summed E-state index contributed by atoms with van der Waals surface area (Å²) >= 11 is 9.71. The quantitative estimate of drug-likeness (QED) is 0.766. The van der Waals surface area contributed by atoms with E-state index < -0.39 is 0 Å². The monoisotopic (exact) mass is 367 g/mol. The first kappa shape index (κ1) is 16.5. The molecule has 0 amide bonds. The zero-order chi connectivity index (χ0) is 15.2. The summed E-state index contributed by atoms with van der Waals surface area (Å²) in [4.78, 5) is 0. The third-order valence-electron chi connectivity index (χ3n) is 3.34. The number of benzene rings is 2. The lowest BCUT2D eigenvalue weighted by molar-refractivity contribution is 0.185. The maximum absolute atomic E-state index is 6.29. The molecule has 0 saturated carbocycles. The van der Waals surface area contributed by atoms with Crippen LogP contribution in [-0.2, 0) is 17.9 Å². The van der Waals surface area contributed by atoms with E-state index >= 15 is 0 Å². The smallest absolute Gasteiger partial charge is 0.0713 e. The van der Waals surface area contributed by atoms with Crippen LogP contribution in [0.3, 0.4) is 0 Å². The van der Waals surface area contributed by atoms with E-state index in [4.69, 9.17) is 16.3 Å². The molecule has 1 unspecified atom stereocenters. The largest absolute Gasteiger partial charge is 0.380 e. The number of hydrogen-bond donors (Lipinski definition) is 1. The van der Waals surface area contributed by atoms with E-state index in [1.54, 1.807) is 7.11 Å². The Morgan fingerprint density at radius 3 is 2.67 bits per heavy atom. The summed E-state index contributed by atoms with van der Waals surface area (Å²) in [6, 6.07) is 14.6. The second-order valence-corrected chi connectivity index (χ2v) is 6.34. The molecule has 0 aliphatic carbocycles. The molecule has 0 spiro atoms. The van der Waals surface area contributed by atoms with Crippen molar-refractivity contribution in [2.45, 2.75) is 26.1 Å². The van der Waals surface area contributed by atoms with Crippen molar-refractivity contribution < 1.29 is 4.74 Å². The van der Waals surface area contributed by atoms with Crippen LogP contribution in [0.5, 0.6) is 0 Å². The van der Waals surface area contributed by atoms with Crippen molar-refractivity contribution in [2.24, 2.45) is 0 Å². The second kappa shape index (κ2) is 7.95. The molecule has 0 saturated heterocycles. The first-order valence-corrected chi connectivity index (χ1v) is 8.02. The van der Waals surface area contributed by atoms with Crippen molar-refractivity contribution in [1.82, 2.24) is 5.32 Å². The molecule has 0 bridgehead atoms. The molecule has 1 atom stereocenters. The van der Waals surface area contributed by atoms with Crippen molar-refractivity contribution in [2.75, 3.05) is 7.11 Å². The Morgan fingerprint density at radius 2 is 1.95 bits per heavy atom. The minimum absolute atomic E-state index is 0.191. The van der Waals surface area contributed by atoms with Gasteiger partial charge in [0.05, 0.1) is 6.61 Å². The second-order valence-electron chi connectivity index (χ2n) is 5.02. The Kier molecular flexibility index (Phi) is 6.24. The van der Waals surface area contributed by atoms with Gasteiger partial charge in [0.15, 0.2) is 0 Å². The normalized spacial score (nSPS) is 12.4. The van der Waals surface area contributed by atoms with Gasteiger partial charge in [-0.15, -0.1) is 0 Å². The van der Waals surface area contributed by atoms with Crippen LogP contribution in [0.4, 0.5) is 0 Å². The first-order chi connectivity index (χ1) is 10.1. The third-order valence-corrected chi connectivity index (χ3v) is 4.16. The zero-order valence-corrected chi connectivity index (χ0v) is 14.5. The lowest BCUT2D eigenvalue weighted by atomic mass is 10.1. The highest BCUT2D eigenvalue weighted by molar-refractivity contribution is 9.10. The van der Waals surface area contributed by atoms with Gasteiger partial charge in [-0.25, -0.2) is 0 Å². The fraction of sp³-hybridized carbons (Fsp3) is 0.294. The maximum Gasteiger partial charge on any atom is 0.0713 e. The molecule has 4 heteroatoms. The van der Waals surface area contributed by atoms with Crippen molar-refractivity contribution in [3.05, 3.63) is 68.7 Å². The Hall–Kier alpha value is -0.870. The van der Waals surface area contributed by atoms with E-state index in [-0.39, 0.29) is 6.04 Å². The highest BCUT2D eigenvalue weighted by atomic mass is 79.9. The molecule has 1 N–H and O–H groups in total. The standard InChI is InChI=1S/C17H19BrClNO/c1-12(16-7-6-15(18)9-17(16)19)20-10-13-4-3-5-14(8-13)11-21-2/h3-9,12,20H,10-11H2,1-2H3. The van der Waals surface area contributed by atoms with Gasteiger partial charge in [-0.1, -0.05) is 57.9 Å². The van der Waals surface area contributed by atoms with E-state index in [9.17, 15) is 0 Å². The van der Waals surface area contributed by atoms with Gasteiger partial charge in [-0.3, -0.25) is 0 Å². The van der Waals surface area contributed by atoms with Crippen LogP contribution in [0, 0.1) is 0 Å². The molecule has 112 valence electrons. The molecule has 2 rings (SSSR count). The van der Waals surface area contributed by atoms with Crippen LogP contribution in [0.1, 0.15) is 29.7 Å². The van der Waals surface area contributed by atoms with Gasteiger partial charge in [0.25, 0.3) is 0 Å².